The van der Waals surface area contributed by atoms with Gasteiger partial charge in [-0.3, -0.25) is 0 Å². The molecule has 0 aromatic heterocycles. The first kappa shape index (κ1) is 16.9. The summed E-state index contributed by atoms with van der Waals surface area (Å²) >= 11 is 0. The Balaban J connectivity index is 2.03. The van der Waals surface area contributed by atoms with Crippen LogP contribution < -0.4 is 4.90 Å². The molecule has 0 N–H and O–H groups in total. The lowest BCUT2D eigenvalue weighted by Gasteiger charge is -2.39. The molecule has 26 heavy (non-hydrogen) atoms. The summed E-state index contributed by atoms with van der Waals surface area (Å²) in [6.45, 7) is 11.5. The van der Waals surface area contributed by atoms with Gasteiger partial charge < -0.3 is 4.90 Å². The molecule has 0 saturated carbocycles. The number of hydrogen-bond donors (Lipinski definition) is 0. The molecule has 0 radical (unpaired) electrons. The minimum Gasteiger partial charge on any atom is -0.336 e. The van der Waals surface area contributed by atoms with Crippen molar-refractivity contribution in [3.63, 3.8) is 0 Å². The van der Waals surface area contributed by atoms with Crippen molar-refractivity contribution in [2.45, 2.75) is 45.6 Å². The van der Waals surface area contributed by atoms with E-state index in [0.717, 1.165) is 0 Å². The molecule has 0 heterocycles. The zero-order valence-corrected chi connectivity index (χ0v) is 16.4. The Morgan fingerprint density at radius 1 is 0.692 bits per heavy atom. The van der Waals surface area contributed by atoms with E-state index >= 15 is 0 Å². The van der Waals surface area contributed by atoms with Gasteiger partial charge in [0.2, 0.25) is 0 Å². The van der Waals surface area contributed by atoms with Gasteiger partial charge in [-0.2, -0.15) is 0 Å². The van der Waals surface area contributed by atoms with E-state index < -0.39 is 0 Å². The molecule has 0 fully saturated rings. The molecule has 0 spiro atoms. The van der Waals surface area contributed by atoms with E-state index in [1.54, 1.807) is 0 Å². The molecule has 1 aliphatic carbocycles. The van der Waals surface area contributed by atoms with Crippen LogP contribution in [0.2, 0.25) is 0 Å². The molecule has 0 saturated heterocycles. The van der Waals surface area contributed by atoms with Crippen LogP contribution in [0, 0.1) is 0 Å². The average Bonchev–Trinajstić information content (AvgIpc) is 2.84. The second kappa shape index (κ2) is 5.74. The lowest BCUT2D eigenvalue weighted by Crippen LogP contribution is -2.38. The molecular weight excluding hydrogens is 314 g/mol. The number of nitrogens with zero attached hydrogens (tertiary/aromatic N) is 1. The van der Waals surface area contributed by atoms with Crippen molar-refractivity contribution in [3.05, 3.63) is 83.9 Å². The van der Waals surface area contributed by atoms with E-state index in [-0.39, 0.29) is 11.0 Å². The largest absolute Gasteiger partial charge is 0.336 e. The SMILES string of the molecule is CC1(C)c2ccccc2-c2c(N(c3ccccc3)C(C)(C)C)cccc21. The number of hydrogen-bond acceptors (Lipinski definition) is 1. The molecule has 3 aromatic rings. The van der Waals surface area contributed by atoms with E-state index in [0.29, 0.717) is 0 Å². The normalized spacial score (nSPS) is 14.7. The Labute approximate surface area is 157 Å². The second-order valence-electron chi connectivity index (χ2n) is 8.71. The van der Waals surface area contributed by atoms with Gasteiger partial charge in [0.05, 0.1) is 0 Å². The van der Waals surface area contributed by atoms with E-state index in [9.17, 15) is 0 Å². The quantitative estimate of drug-likeness (QED) is 0.488. The number of anilines is 2. The highest BCUT2D eigenvalue weighted by atomic mass is 15.2. The Morgan fingerprint density at radius 3 is 2.00 bits per heavy atom. The molecule has 4 rings (SSSR count). The highest BCUT2D eigenvalue weighted by Crippen LogP contribution is 2.53. The Kier molecular flexibility index (Phi) is 3.73. The van der Waals surface area contributed by atoms with Gasteiger partial charge in [0.1, 0.15) is 0 Å². The molecule has 3 aromatic carbocycles. The van der Waals surface area contributed by atoms with Crippen LogP contribution in [0.3, 0.4) is 0 Å². The number of benzene rings is 3. The molecule has 1 aliphatic rings. The monoisotopic (exact) mass is 341 g/mol. The van der Waals surface area contributed by atoms with Crippen LogP contribution in [0.15, 0.2) is 72.8 Å². The van der Waals surface area contributed by atoms with Crippen LogP contribution in [0.25, 0.3) is 11.1 Å². The number of rotatable bonds is 2. The first-order valence-corrected chi connectivity index (χ1v) is 9.40. The number of para-hydroxylation sites is 1. The van der Waals surface area contributed by atoms with Gasteiger partial charge in [0.15, 0.2) is 0 Å². The van der Waals surface area contributed by atoms with Crippen LogP contribution in [-0.2, 0) is 5.41 Å². The van der Waals surface area contributed by atoms with E-state index in [2.05, 4.69) is 112 Å². The van der Waals surface area contributed by atoms with Crippen molar-refractivity contribution in [1.82, 2.24) is 0 Å². The summed E-state index contributed by atoms with van der Waals surface area (Å²) in [6.07, 6.45) is 0. The molecule has 0 atom stereocenters. The molecule has 0 aliphatic heterocycles. The van der Waals surface area contributed by atoms with Crippen LogP contribution in [0.5, 0.6) is 0 Å². The van der Waals surface area contributed by atoms with Crippen molar-refractivity contribution >= 4 is 11.4 Å². The van der Waals surface area contributed by atoms with Crippen molar-refractivity contribution in [1.29, 1.82) is 0 Å². The minimum absolute atomic E-state index is 0.0296. The maximum absolute atomic E-state index is 2.48. The molecule has 1 heteroatoms. The summed E-state index contributed by atoms with van der Waals surface area (Å²) in [5.74, 6) is 0. The Bertz CT molecular complexity index is 945. The molecular formula is C25H27N. The highest BCUT2D eigenvalue weighted by molar-refractivity contribution is 5.92. The molecule has 0 bridgehead atoms. The highest BCUT2D eigenvalue weighted by Gasteiger charge is 2.38. The van der Waals surface area contributed by atoms with Crippen molar-refractivity contribution < 1.29 is 0 Å². The van der Waals surface area contributed by atoms with Gasteiger partial charge in [0, 0.05) is 27.9 Å². The van der Waals surface area contributed by atoms with Crippen LogP contribution >= 0.6 is 0 Å². The lowest BCUT2D eigenvalue weighted by atomic mass is 9.82. The van der Waals surface area contributed by atoms with Crippen molar-refractivity contribution in [3.8, 4) is 11.1 Å². The van der Waals surface area contributed by atoms with Gasteiger partial charge in [-0.1, -0.05) is 68.4 Å². The Hall–Kier alpha value is -2.54. The fourth-order valence-corrected chi connectivity index (χ4v) is 4.39. The summed E-state index contributed by atoms with van der Waals surface area (Å²) < 4.78 is 0. The summed E-state index contributed by atoms with van der Waals surface area (Å²) in [6, 6.07) is 26.4. The summed E-state index contributed by atoms with van der Waals surface area (Å²) in [4.78, 5) is 2.48. The van der Waals surface area contributed by atoms with Gasteiger partial charge in [-0.05, 0) is 55.7 Å². The molecule has 132 valence electrons. The Morgan fingerprint density at radius 2 is 1.31 bits per heavy atom. The predicted molar refractivity (Wildman–Crippen MR) is 112 cm³/mol. The van der Waals surface area contributed by atoms with E-state index in [4.69, 9.17) is 0 Å². The zero-order valence-electron chi connectivity index (χ0n) is 16.4. The molecule has 0 unspecified atom stereocenters. The fourth-order valence-electron chi connectivity index (χ4n) is 4.39. The third-order valence-corrected chi connectivity index (χ3v) is 5.51. The summed E-state index contributed by atoms with van der Waals surface area (Å²) in [5.41, 5.74) is 8.11. The topological polar surface area (TPSA) is 3.24 Å². The van der Waals surface area contributed by atoms with Crippen molar-refractivity contribution in [2.24, 2.45) is 0 Å². The van der Waals surface area contributed by atoms with E-state index in [1.807, 2.05) is 0 Å². The number of fused-ring (bicyclic) bond motifs is 3. The van der Waals surface area contributed by atoms with Gasteiger partial charge in [0.25, 0.3) is 0 Å². The first-order valence-electron chi connectivity index (χ1n) is 9.40. The first-order chi connectivity index (χ1) is 12.3. The molecule has 1 nitrogen and oxygen atoms in total. The third-order valence-electron chi connectivity index (χ3n) is 5.51. The van der Waals surface area contributed by atoms with Crippen LogP contribution in [0.4, 0.5) is 11.4 Å². The second-order valence-corrected chi connectivity index (χ2v) is 8.71. The summed E-state index contributed by atoms with van der Waals surface area (Å²) in [7, 11) is 0. The fraction of sp³-hybridized carbons (Fsp3) is 0.280. The van der Waals surface area contributed by atoms with Crippen LogP contribution in [-0.4, -0.2) is 5.54 Å². The standard InChI is InChI=1S/C25H27N/c1-24(2,3)26(18-12-7-6-8-13-18)22-17-11-16-21-23(22)19-14-9-10-15-20(19)25(21,4)5/h6-17H,1-5H3. The smallest absolute Gasteiger partial charge is 0.0498 e. The van der Waals surface area contributed by atoms with Gasteiger partial charge in [-0.15, -0.1) is 0 Å². The zero-order chi connectivity index (χ0) is 18.5. The maximum atomic E-state index is 2.48. The molecule has 0 amide bonds. The predicted octanol–water partition coefficient (Wildman–Crippen LogP) is 6.93. The minimum atomic E-state index is -0.0296. The lowest BCUT2D eigenvalue weighted by molar-refractivity contribution is 0.560. The van der Waals surface area contributed by atoms with Crippen LogP contribution in [0.1, 0.15) is 45.7 Å². The third kappa shape index (κ3) is 2.46. The van der Waals surface area contributed by atoms with Gasteiger partial charge >= 0.3 is 0 Å². The summed E-state index contributed by atoms with van der Waals surface area (Å²) in [5, 5.41) is 0. The maximum Gasteiger partial charge on any atom is 0.0498 e. The van der Waals surface area contributed by atoms with E-state index in [1.165, 1.54) is 33.6 Å². The van der Waals surface area contributed by atoms with Gasteiger partial charge in [-0.25, -0.2) is 0 Å². The average molecular weight is 341 g/mol. The van der Waals surface area contributed by atoms with Crippen molar-refractivity contribution in [2.75, 3.05) is 4.90 Å².